The molecule has 17 heavy (non-hydrogen) atoms. The van der Waals surface area contributed by atoms with Crippen molar-refractivity contribution in [2.24, 2.45) is 0 Å². The van der Waals surface area contributed by atoms with Gasteiger partial charge >= 0.3 is 0 Å². The fourth-order valence-electron chi connectivity index (χ4n) is 1.28. The van der Waals surface area contributed by atoms with Crippen LogP contribution in [-0.2, 0) is 0 Å². The molecule has 0 amide bonds. The van der Waals surface area contributed by atoms with Gasteiger partial charge in [-0.25, -0.2) is 9.37 Å². The predicted molar refractivity (Wildman–Crippen MR) is 64.9 cm³/mol. The number of benzene rings is 1. The Bertz CT molecular complexity index is 560. The summed E-state index contributed by atoms with van der Waals surface area (Å²) in [5.41, 5.74) is 6.86. The molecule has 5 heteroatoms. The highest BCUT2D eigenvalue weighted by atomic mass is 35.5. The van der Waals surface area contributed by atoms with Crippen LogP contribution in [0, 0.1) is 12.7 Å². The molecule has 0 atom stereocenters. The van der Waals surface area contributed by atoms with Crippen molar-refractivity contribution in [3.05, 3.63) is 46.9 Å². The third kappa shape index (κ3) is 2.65. The van der Waals surface area contributed by atoms with Crippen molar-refractivity contribution in [3.63, 3.8) is 0 Å². The summed E-state index contributed by atoms with van der Waals surface area (Å²) in [5.74, 6) is 0.0128. The normalized spacial score (nSPS) is 10.3. The quantitative estimate of drug-likeness (QED) is 0.889. The van der Waals surface area contributed by atoms with E-state index in [4.69, 9.17) is 22.1 Å². The summed E-state index contributed by atoms with van der Waals surface area (Å²) in [7, 11) is 0. The summed E-state index contributed by atoms with van der Waals surface area (Å²) in [6.07, 6.45) is 0. The summed E-state index contributed by atoms with van der Waals surface area (Å²) < 4.78 is 18.6. The second-order valence-electron chi connectivity index (χ2n) is 3.52. The lowest BCUT2D eigenvalue weighted by Crippen LogP contribution is -1.96. The lowest BCUT2D eigenvalue weighted by molar-refractivity contribution is 0.459. The van der Waals surface area contributed by atoms with Gasteiger partial charge in [0.1, 0.15) is 11.6 Å². The minimum atomic E-state index is -0.546. The van der Waals surface area contributed by atoms with Gasteiger partial charge in [-0.15, -0.1) is 0 Å². The van der Waals surface area contributed by atoms with E-state index in [2.05, 4.69) is 4.98 Å². The van der Waals surface area contributed by atoms with Crippen molar-refractivity contribution in [2.75, 3.05) is 5.73 Å². The first kappa shape index (κ1) is 11.7. The third-order valence-electron chi connectivity index (χ3n) is 2.13. The van der Waals surface area contributed by atoms with E-state index >= 15 is 0 Å². The number of nitrogens with two attached hydrogens (primary N) is 1. The molecule has 1 aromatic carbocycles. The van der Waals surface area contributed by atoms with Gasteiger partial charge < -0.3 is 10.5 Å². The first-order chi connectivity index (χ1) is 8.06. The Morgan fingerprint density at radius 2 is 2.06 bits per heavy atom. The second kappa shape index (κ2) is 4.59. The number of rotatable bonds is 2. The minimum absolute atomic E-state index is 0.0440. The largest absolute Gasteiger partial charge is 0.437 e. The molecule has 0 aliphatic heterocycles. The number of nitrogen functional groups attached to an aromatic ring is 1. The summed E-state index contributed by atoms with van der Waals surface area (Å²) in [6, 6.07) is 7.60. The van der Waals surface area contributed by atoms with E-state index in [0.717, 1.165) is 5.69 Å². The van der Waals surface area contributed by atoms with Crippen molar-refractivity contribution < 1.29 is 9.13 Å². The van der Waals surface area contributed by atoms with Gasteiger partial charge in [0, 0.05) is 11.8 Å². The Kier molecular flexibility index (Phi) is 3.15. The molecule has 2 aromatic rings. The Morgan fingerprint density at radius 1 is 1.29 bits per heavy atom. The van der Waals surface area contributed by atoms with Crippen molar-refractivity contribution in [3.8, 4) is 11.6 Å². The van der Waals surface area contributed by atoms with E-state index in [1.54, 1.807) is 18.2 Å². The zero-order valence-electron chi connectivity index (χ0n) is 9.08. The van der Waals surface area contributed by atoms with Gasteiger partial charge in [0.05, 0.1) is 10.7 Å². The molecule has 0 aliphatic rings. The SMILES string of the molecule is Cc1ccc(N)c(Oc2ccc(Cl)c(F)c2)n1. The van der Waals surface area contributed by atoms with Gasteiger partial charge in [0.15, 0.2) is 0 Å². The Hall–Kier alpha value is -1.81. The van der Waals surface area contributed by atoms with E-state index in [-0.39, 0.29) is 10.9 Å². The number of aromatic nitrogens is 1. The molecule has 0 bridgehead atoms. The molecule has 0 radical (unpaired) electrons. The maximum Gasteiger partial charge on any atom is 0.242 e. The molecular weight excluding hydrogens is 243 g/mol. The fraction of sp³-hybridized carbons (Fsp3) is 0.0833. The Labute approximate surface area is 103 Å². The molecule has 88 valence electrons. The summed E-state index contributed by atoms with van der Waals surface area (Å²) in [6.45, 7) is 1.81. The minimum Gasteiger partial charge on any atom is -0.437 e. The Balaban J connectivity index is 2.31. The van der Waals surface area contributed by atoms with E-state index in [9.17, 15) is 4.39 Å². The van der Waals surface area contributed by atoms with Crippen LogP contribution >= 0.6 is 11.6 Å². The fourth-order valence-corrected chi connectivity index (χ4v) is 1.39. The monoisotopic (exact) mass is 252 g/mol. The molecule has 1 aromatic heterocycles. The highest BCUT2D eigenvalue weighted by Crippen LogP contribution is 2.27. The lowest BCUT2D eigenvalue weighted by Gasteiger charge is -2.08. The van der Waals surface area contributed by atoms with Gasteiger partial charge in [-0.3, -0.25) is 0 Å². The van der Waals surface area contributed by atoms with Crippen molar-refractivity contribution in [2.45, 2.75) is 6.92 Å². The molecule has 2 rings (SSSR count). The van der Waals surface area contributed by atoms with Crippen LogP contribution in [0.15, 0.2) is 30.3 Å². The van der Waals surface area contributed by atoms with Crippen molar-refractivity contribution in [1.29, 1.82) is 0 Å². The number of hydrogen-bond acceptors (Lipinski definition) is 3. The average Bonchev–Trinajstić information content (AvgIpc) is 2.29. The van der Waals surface area contributed by atoms with E-state index < -0.39 is 5.82 Å². The molecule has 0 saturated heterocycles. The zero-order chi connectivity index (χ0) is 12.4. The average molecular weight is 253 g/mol. The zero-order valence-corrected chi connectivity index (χ0v) is 9.83. The molecule has 0 saturated carbocycles. The molecule has 0 spiro atoms. The Morgan fingerprint density at radius 3 is 2.76 bits per heavy atom. The van der Waals surface area contributed by atoms with Crippen LogP contribution in [0.4, 0.5) is 10.1 Å². The van der Waals surface area contributed by atoms with Gasteiger partial charge in [-0.1, -0.05) is 11.6 Å². The first-order valence-corrected chi connectivity index (χ1v) is 5.30. The lowest BCUT2D eigenvalue weighted by atomic mass is 10.3. The number of anilines is 1. The third-order valence-corrected chi connectivity index (χ3v) is 2.44. The van der Waals surface area contributed by atoms with E-state index in [1.165, 1.54) is 12.1 Å². The highest BCUT2D eigenvalue weighted by Gasteiger charge is 2.06. The number of pyridine rings is 1. The molecule has 2 N–H and O–H groups in total. The van der Waals surface area contributed by atoms with Crippen LogP contribution in [0.2, 0.25) is 5.02 Å². The van der Waals surface area contributed by atoms with E-state index in [0.29, 0.717) is 11.4 Å². The molecule has 1 heterocycles. The van der Waals surface area contributed by atoms with Gasteiger partial charge in [0.2, 0.25) is 5.88 Å². The molecule has 3 nitrogen and oxygen atoms in total. The van der Waals surface area contributed by atoms with Gasteiger partial charge in [-0.2, -0.15) is 0 Å². The van der Waals surface area contributed by atoms with Crippen LogP contribution in [0.25, 0.3) is 0 Å². The standard InChI is InChI=1S/C12H10ClFN2O/c1-7-2-5-11(15)12(16-7)17-8-3-4-9(13)10(14)6-8/h2-6H,15H2,1H3. The summed E-state index contributed by atoms with van der Waals surface area (Å²) in [4.78, 5) is 4.12. The first-order valence-electron chi connectivity index (χ1n) is 4.92. The number of nitrogens with zero attached hydrogens (tertiary/aromatic N) is 1. The van der Waals surface area contributed by atoms with Crippen LogP contribution < -0.4 is 10.5 Å². The number of ether oxygens (including phenoxy) is 1. The molecular formula is C12H10ClFN2O. The number of aryl methyl sites for hydroxylation is 1. The smallest absolute Gasteiger partial charge is 0.242 e. The number of hydrogen-bond donors (Lipinski definition) is 1. The highest BCUT2D eigenvalue weighted by molar-refractivity contribution is 6.30. The van der Waals surface area contributed by atoms with Crippen LogP contribution in [0.1, 0.15) is 5.69 Å². The molecule has 0 unspecified atom stereocenters. The van der Waals surface area contributed by atoms with Gasteiger partial charge in [0.25, 0.3) is 0 Å². The molecule has 0 aliphatic carbocycles. The van der Waals surface area contributed by atoms with Crippen LogP contribution in [0.5, 0.6) is 11.6 Å². The summed E-state index contributed by atoms with van der Waals surface area (Å²) >= 11 is 5.57. The number of halogens is 2. The maximum atomic E-state index is 13.2. The van der Waals surface area contributed by atoms with Crippen LogP contribution in [0.3, 0.4) is 0 Å². The van der Waals surface area contributed by atoms with Crippen LogP contribution in [-0.4, -0.2) is 4.98 Å². The van der Waals surface area contributed by atoms with Crippen molar-refractivity contribution in [1.82, 2.24) is 4.98 Å². The second-order valence-corrected chi connectivity index (χ2v) is 3.93. The molecule has 0 fully saturated rings. The predicted octanol–water partition coefficient (Wildman–Crippen LogP) is 3.56. The van der Waals surface area contributed by atoms with Crippen molar-refractivity contribution >= 4 is 17.3 Å². The topological polar surface area (TPSA) is 48.1 Å². The maximum absolute atomic E-state index is 13.2. The van der Waals surface area contributed by atoms with Gasteiger partial charge in [-0.05, 0) is 31.2 Å². The van der Waals surface area contributed by atoms with E-state index in [1.807, 2.05) is 6.92 Å². The summed E-state index contributed by atoms with van der Waals surface area (Å²) in [5, 5.41) is 0.0440.